The minimum absolute atomic E-state index is 0.00330. The summed E-state index contributed by atoms with van der Waals surface area (Å²) in [4.78, 5) is 30.6. The number of carbonyl (C=O) groups excluding carboxylic acids is 1. The van der Waals surface area contributed by atoms with Crippen molar-refractivity contribution in [3.05, 3.63) is 75.2 Å². The summed E-state index contributed by atoms with van der Waals surface area (Å²) in [6.45, 7) is 0.637. The van der Waals surface area contributed by atoms with Crippen LogP contribution >= 0.6 is 23.4 Å². The fraction of sp³-hybridized carbons (Fsp3) is 0.280. The van der Waals surface area contributed by atoms with Crippen molar-refractivity contribution in [2.24, 2.45) is 0 Å². The number of nitrogens with one attached hydrogen (secondary N) is 1. The molecule has 0 radical (unpaired) electrons. The molecule has 0 fully saturated rings. The van der Waals surface area contributed by atoms with Crippen LogP contribution in [0.4, 0.5) is 18.9 Å². The molecule has 12 heteroatoms. The van der Waals surface area contributed by atoms with Crippen molar-refractivity contribution in [2.75, 3.05) is 11.1 Å². The van der Waals surface area contributed by atoms with E-state index in [1.807, 2.05) is 22.8 Å². The summed E-state index contributed by atoms with van der Waals surface area (Å²) in [5.41, 5.74) is 0.663. The first-order valence-electron chi connectivity index (χ1n) is 11.6. The lowest BCUT2D eigenvalue weighted by molar-refractivity contribution is -0.137. The van der Waals surface area contributed by atoms with Crippen LogP contribution in [0.1, 0.15) is 30.5 Å². The van der Waals surface area contributed by atoms with E-state index in [2.05, 4.69) is 15.4 Å². The van der Waals surface area contributed by atoms with Crippen LogP contribution in [0, 0.1) is 0 Å². The van der Waals surface area contributed by atoms with E-state index in [9.17, 15) is 22.8 Å². The van der Waals surface area contributed by atoms with Gasteiger partial charge in [0.15, 0.2) is 11.0 Å². The third-order valence-corrected chi connectivity index (χ3v) is 7.37. The molecule has 0 unspecified atom stereocenters. The molecule has 1 amide bonds. The second-order valence-electron chi connectivity index (χ2n) is 8.58. The summed E-state index contributed by atoms with van der Waals surface area (Å²) in [6.07, 6.45) is -1.09. The predicted molar refractivity (Wildman–Crippen MR) is 136 cm³/mol. The highest BCUT2D eigenvalue weighted by Crippen LogP contribution is 2.34. The molecule has 3 heterocycles. The van der Waals surface area contributed by atoms with Crippen molar-refractivity contribution >= 4 is 35.0 Å². The maximum absolute atomic E-state index is 13.3. The van der Waals surface area contributed by atoms with Crippen LogP contribution in [-0.4, -0.2) is 31.0 Å². The Morgan fingerprint density at radius 2 is 1.89 bits per heavy atom. The number of amides is 1. The maximum Gasteiger partial charge on any atom is 0.416 e. The molecule has 7 nitrogen and oxygen atoms in total. The Bertz CT molecular complexity index is 1490. The lowest BCUT2D eigenvalue weighted by Crippen LogP contribution is -2.20. The van der Waals surface area contributed by atoms with E-state index >= 15 is 0 Å². The number of para-hydroxylation sites is 1. The van der Waals surface area contributed by atoms with Crippen molar-refractivity contribution in [3.63, 3.8) is 0 Å². The van der Waals surface area contributed by atoms with Crippen molar-refractivity contribution < 1.29 is 18.0 Å². The zero-order valence-corrected chi connectivity index (χ0v) is 21.0. The quantitative estimate of drug-likeness (QED) is 0.257. The zero-order valence-electron chi connectivity index (χ0n) is 19.4. The predicted octanol–water partition coefficient (Wildman–Crippen LogP) is 5.66. The molecule has 0 aromatic heterocycles. The van der Waals surface area contributed by atoms with Crippen molar-refractivity contribution in [1.29, 1.82) is 0 Å². The molecule has 0 saturated carbocycles. The third-order valence-electron chi connectivity index (χ3n) is 6.07. The lowest BCUT2D eigenvalue weighted by Gasteiger charge is -2.17. The van der Waals surface area contributed by atoms with Gasteiger partial charge in [-0.2, -0.15) is 17.9 Å². The molecule has 2 aromatic carbocycles. The van der Waals surface area contributed by atoms with Crippen LogP contribution in [0.3, 0.4) is 0 Å². The number of carbonyl (C=O) groups is 1. The van der Waals surface area contributed by atoms with Crippen LogP contribution < -0.4 is 10.9 Å². The average Bonchev–Trinajstić information content (AvgIpc) is 3.03. The number of anilines is 1. The van der Waals surface area contributed by atoms with Crippen molar-refractivity contribution in [1.82, 2.24) is 19.3 Å². The molecule has 0 atom stereocenters. The van der Waals surface area contributed by atoms with Gasteiger partial charge < -0.3 is 9.88 Å². The minimum Gasteiger partial charge on any atom is -0.324 e. The van der Waals surface area contributed by atoms with Gasteiger partial charge in [-0.1, -0.05) is 48.0 Å². The number of rotatable bonds is 5. The van der Waals surface area contributed by atoms with E-state index in [1.54, 1.807) is 12.1 Å². The van der Waals surface area contributed by atoms with Gasteiger partial charge in [-0.05, 0) is 49.6 Å². The zero-order chi connectivity index (χ0) is 26.2. The Kier molecular flexibility index (Phi) is 7.00. The summed E-state index contributed by atoms with van der Waals surface area (Å²) >= 11 is 7.14. The third kappa shape index (κ3) is 5.24. The first kappa shape index (κ1) is 25.3. The van der Waals surface area contributed by atoms with Crippen LogP contribution in [0.25, 0.3) is 17.1 Å². The lowest BCUT2D eigenvalue weighted by atomic mass is 10.1. The number of nitrogens with zero attached hydrogens (tertiary/aromatic N) is 4. The molecular formula is C25H21ClF3N5O2S. The fourth-order valence-corrected chi connectivity index (χ4v) is 5.33. The molecule has 0 saturated heterocycles. The van der Waals surface area contributed by atoms with E-state index in [1.165, 1.54) is 4.68 Å². The molecule has 1 N–H and O–H groups in total. The van der Waals surface area contributed by atoms with E-state index in [0.717, 1.165) is 54.9 Å². The van der Waals surface area contributed by atoms with Gasteiger partial charge in [0.2, 0.25) is 5.91 Å². The van der Waals surface area contributed by atoms with Crippen molar-refractivity contribution in [3.8, 4) is 17.1 Å². The summed E-state index contributed by atoms with van der Waals surface area (Å²) in [7, 11) is 0. The van der Waals surface area contributed by atoms with E-state index in [-0.39, 0.29) is 22.0 Å². The summed E-state index contributed by atoms with van der Waals surface area (Å²) in [5.74, 6) is -0.352. The second kappa shape index (κ2) is 10.2. The van der Waals surface area contributed by atoms with Gasteiger partial charge in [0.05, 0.1) is 27.7 Å². The van der Waals surface area contributed by atoms with Gasteiger partial charge in [0.1, 0.15) is 5.56 Å². The van der Waals surface area contributed by atoms with Gasteiger partial charge in [-0.25, -0.2) is 4.98 Å². The number of aromatic nitrogens is 4. The first-order valence-corrected chi connectivity index (χ1v) is 13.0. The minimum atomic E-state index is -4.56. The number of thioether (sulfide) groups is 1. The molecule has 192 valence electrons. The number of alkyl halides is 3. The number of hydrogen-bond acceptors (Lipinski definition) is 5. The highest BCUT2D eigenvalue weighted by Gasteiger charge is 2.31. The smallest absolute Gasteiger partial charge is 0.324 e. The highest BCUT2D eigenvalue weighted by atomic mass is 35.5. The fourth-order valence-electron chi connectivity index (χ4n) is 4.32. The van der Waals surface area contributed by atoms with Crippen LogP contribution in [0.2, 0.25) is 5.02 Å². The Hall–Kier alpha value is -3.31. The summed E-state index contributed by atoms with van der Waals surface area (Å²) in [5, 5.41) is 7.45. The number of hydrogen-bond donors (Lipinski definition) is 1. The van der Waals surface area contributed by atoms with Gasteiger partial charge in [-0.3, -0.25) is 9.59 Å². The van der Waals surface area contributed by atoms with E-state index < -0.39 is 17.6 Å². The Balaban J connectivity index is 1.44. The van der Waals surface area contributed by atoms with Crippen LogP contribution in [-0.2, 0) is 23.9 Å². The molecule has 5 rings (SSSR count). The van der Waals surface area contributed by atoms with Gasteiger partial charge in [0.25, 0.3) is 5.56 Å². The van der Waals surface area contributed by atoms with E-state index in [4.69, 9.17) is 11.6 Å². The standard InChI is InChI=1S/C25H21ClF3N5O2S/c26-17-11-10-15(25(27,28)29)13-18(17)30-20(35)14-37-24-31-22-21(19-9-5-2-6-12-33(19)24)23(36)34(32-22)16-7-3-1-4-8-16/h1,3-4,7-8,10-11,13H,2,5-6,9,12,14H2,(H,30,35). The largest absolute Gasteiger partial charge is 0.416 e. The summed E-state index contributed by atoms with van der Waals surface area (Å²) < 4.78 is 42.5. The number of benzene rings is 2. The van der Waals surface area contributed by atoms with Gasteiger partial charge >= 0.3 is 6.18 Å². The monoisotopic (exact) mass is 547 g/mol. The number of fused-ring (bicyclic) bond motifs is 3. The Morgan fingerprint density at radius 3 is 2.65 bits per heavy atom. The normalized spacial score (nSPS) is 13.8. The van der Waals surface area contributed by atoms with Gasteiger partial charge in [0, 0.05) is 12.2 Å². The van der Waals surface area contributed by atoms with Crippen molar-refractivity contribution in [2.45, 2.75) is 43.6 Å². The molecule has 0 aliphatic carbocycles. The molecule has 2 aromatic rings. The Morgan fingerprint density at radius 1 is 1.11 bits per heavy atom. The second-order valence-corrected chi connectivity index (χ2v) is 9.93. The molecule has 0 bridgehead atoms. The topological polar surface area (TPSA) is 81.8 Å². The van der Waals surface area contributed by atoms with E-state index in [0.29, 0.717) is 35.2 Å². The molecular weight excluding hydrogens is 527 g/mol. The van der Waals surface area contributed by atoms with Crippen LogP contribution in [0.15, 0.2) is 58.5 Å². The maximum atomic E-state index is 13.3. The molecule has 0 spiro atoms. The molecule has 3 aliphatic rings. The molecule has 37 heavy (non-hydrogen) atoms. The van der Waals surface area contributed by atoms with Crippen LogP contribution in [0.5, 0.6) is 0 Å². The SMILES string of the molecule is O=C(CSc1nc2nn(-c3ccccc3)c(=O)c-2c2n1CCCCC2)Nc1cc(C(F)(F)F)ccc1Cl. The average molecular weight is 548 g/mol. The first-order chi connectivity index (χ1) is 17.7. The number of halogens is 4. The summed E-state index contributed by atoms with van der Waals surface area (Å²) in [6, 6.07) is 11.8. The van der Waals surface area contributed by atoms with Gasteiger partial charge in [-0.15, -0.1) is 5.10 Å². The Labute approximate surface area is 219 Å². The highest BCUT2D eigenvalue weighted by molar-refractivity contribution is 7.99. The molecule has 3 aliphatic heterocycles.